The van der Waals surface area contributed by atoms with Gasteiger partial charge < -0.3 is 5.32 Å². The summed E-state index contributed by atoms with van der Waals surface area (Å²) in [5, 5.41) is 8.47. The number of benzene rings is 2. The first-order valence-electron chi connectivity index (χ1n) is 9.93. The summed E-state index contributed by atoms with van der Waals surface area (Å²) in [5.41, 5.74) is 0.673. The second kappa shape index (κ2) is 7.97. The molecule has 3 aromatic rings. The molecule has 30 heavy (non-hydrogen) atoms. The molecule has 4 rings (SSSR count). The van der Waals surface area contributed by atoms with E-state index in [-0.39, 0.29) is 23.6 Å². The van der Waals surface area contributed by atoms with Gasteiger partial charge in [0.15, 0.2) is 0 Å². The maximum Gasteiger partial charge on any atom is 0.417 e. The number of hydrogen-bond acceptors (Lipinski definition) is 2. The lowest BCUT2D eigenvalue weighted by molar-refractivity contribution is -0.137. The van der Waals surface area contributed by atoms with E-state index in [1.54, 1.807) is 18.2 Å². The Hall–Kier alpha value is -3.09. The molecular weight excluding hydrogens is 391 g/mol. The van der Waals surface area contributed by atoms with Crippen LogP contribution in [0.2, 0.25) is 0 Å². The van der Waals surface area contributed by atoms with Crippen molar-refractivity contribution in [1.29, 1.82) is 0 Å². The van der Waals surface area contributed by atoms with Crippen LogP contribution in [0.3, 0.4) is 0 Å². The number of carbonyl (C=O) groups excluding carboxylic acids is 1. The molecule has 0 radical (unpaired) electrons. The highest BCUT2D eigenvalue weighted by Gasteiger charge is 2.33. The minimum absolute atomic E-state index is 0.141. The highest BCUT2D eigenvalue weighted by molar-refractivity contribution is 5.87. The maximum absolute atomic E-state index is 13.4. The van der Waals surface area contributed by atoms with Crippen molar-refractivity contribution in [2.45, 2.75) is 43.9 Å². The zero-order valence-corrected chi connectivity index (χ0v) is 16.3. The van der Waals surface area contributed by atoms with Crippen LogP contribution in [0, 0.1) is 0 Å². The molecule has 1 saturated carbocycles. The zero-order chi connectivity index (χ0) is 21.3. The number of halogens is 3. The Bertz CT molecular complexity index is 1080. The van der Waals surface area contributed by atoms with Crippen molar-refractivity contribution in [1.82, 2.24) is 15.1 Å². The monoisotopic (exact) mass is 413 g/mol. The van der Waals surface area contributed by atoms with Crippen LogP contribution in [0.15, 0.2) is 61.3 Å². The first kappa shape index (κ1) is 20.2. The molecule has 1 aliphatic rings. The number of nitrogens with zero attached hydrogens (tertiary/aromatic N) is 2. The van der Waals surface area contributed by atoms with E-state index in [1.807, 2.05) is 16.9 Å². The first-order chi connectivity index (χ1) is 14.3. The molecule has 4 nitrogen and oxygen atoms in total. The van der Waals surface area contributed by atoms with Crippen molar-refractivity contribution in [3.8, 4) is 11.1 Å². The minimum Gasteiger partial charge on any atom is -0.350 e. The van der Waals surface area contributed by atoms with E-state index >= 15 is 0 Å². The average molecular weight is 413 g/mol. The number of rotatable bonds is 4. The minimum atomic E-state index is -4.41. The van der Waals surface area contributed by atoms with Gasteiger partial charge in [0, 0.05) is 17.6 Å². The molecule has 0 bridgehead atoms. The lowest BCUT2D eigenvalue weighted by Crippen LogP contribution is -2.37. The molecule has 1 fully saturated rings. The van der Waals surface area contributed by atoms with Gasteiger partial charge in [0.05, 0.1) is 17.1 Å². The summed E-state index contributed by atoms with van der Waals surface area (Å²) < 4.78 is 42.0. The second-order valence-corrected chi connectivity index (χ2v) is 7.64. The molecule has 1 N–H and O–H groups in total. The summed E-state index contributed by atoms with van der Waals surface area (Å²) in [4.78, 5) is 11.5. The van der Waals surface area contributed by atoms with Gasteiger partial charge in [0.25, 0.3) is 0 Å². The van der Waals surface area contributed by atoms with E-state index in [4.69, 9.17) is 0 Å². The summed E-state index contributed by atoms with van der Waals surface area (Å²) in [6, 6.07) is 11.2. The topological polar surface area (TPSA) is 46.9 Å². The van der Waals surface area contributed by atoms with E-state index in [0.29, 0.717) is 11.1 Å². The molecule has 1 amide bonds. The van der Waals surface area contributed by atoms with Gasteiger partial charge in [0.2, 0.25) is 5.91 Å². The van der Waals surface area contributed by atoms with Crippen molar-refractivity contribution in [3.63, 3.8) is 0 Å². The standard InChI is InChI=1S/C23H22F3N3O/c1-2-22(30)27-17-9-11-18(12-10-17)29-14-16-8-7-15(13-21(16)28-29)19-5-3-4-6-20(19)23(24,25)26/h2-8,13-14,17-18H,1,9-12H2,(H,27,30). The average Bonchev–Trinajstić information content (AvgIpc) is 3.17. The molecule has 156 valence electrons. The normalized spacial score (nSPS) is 19.6. The lowest BCUT2D eigenvalue weighted by atomic mass is 9.91. The molecule has 1 heterocycles. The summed E-state index contributed by atoms with van der Waals surface area (Å²) >= 11 is 0. The predicted molar refractivity (Wildman–Crippen MR) is 110 cm³/mol. The Morgan fingerprint density at radius 2 is 1.87 bits per heavy atom. The van der Waals surface area contributed by atoms with Gasteiger partial charge >= 0.3 is 6.18 Å². The van der Waals surface area contributed by atoms with E-state index < -0.39 is 11.7 Å². The first-order valence-corrected chi connectivity index (χ1v) is 9.93. The predicted octanol–water partition coefficient (Wildman–Crippen LogP) is 5.51. The third-order valence-electron chi connectivity index (χ3n) is 5.67. The maximum atomic E-state index is 13.4. The number of fused-ring (bicyclic) bond motifs is 1. The Morgan fingerprint density at radius 3 is 2.57 bits per heavy atom. The largest absolute Gasteiger partial charge is 0.417 e. The van der Waals surface area contributed by atoms with Crippen molar-refractivity contribution in [2.24, 2.45) is 0 Å². The number of hydrogen-bond donors (Lipinski definition) is 1. The van der Waals surface area contributed by atoms with Crippen LogP contribution in [0.1, 0.15) is 37.3 Å². The third kappa shape index (κ3) is 4.10. The molecular formula is C23H22F3N3O. The molecule has 1 aliphatic carbocycles. The molecule has 0 atom stereocenters. The molecule has 0 aliphatic heterocycles. The van der Waals surface area contributed by atoms with Gasteiger partial charge in [-0.05, 0) is 55.0 Å². The van der Waals surface area contributed by atoms with Gasteiger partial charge in [-0.3, -0.25) is 9.48 Å². The highest BCUT2D eigenvalue weighted by atomic mass is 19.4. The molecule has 1 aromatic heterocycles. The quantitative estimate of drug-likeness (QED) is 0.574. The molecule has 2 aromatic carbocycles. The summed E-state index contributed by atoms with van der Waals surface area (Å²) in [6.07, 6.45) is 2.27. The van der Waals surface area contributed by atoms with Gasteiger partial charge in [-0.15, -0.1) is 0 Å². The van der Waals surface area contributed by atoms with Crippen molar-refractivity contribution in [3.05, 3.63) is 66.9 Å². The Labute approximate surface area is 172 Å². The summed E-state index contributed by atoms with van der Waals surface area (Å²) in [6.45, 7) is 3.47. The summed E-state index contributed by atoms with van der Waals surface area (Å²) in [7, 11) is 0. The van der Waals surface area contributed by atoms with E-state index in [0.717, 1.165) is 37.1 Å². The van der Waals surface area contributed by atoms with Crippen LogP contribution in [-0.4, -0.2) is 21.7 Å². The fourth-order valence-electron chi connectivity index (χ4n) is 4.12. The summed E-state index contributed by atoms with van der Waals surface area (Å²) in [5.74, 6) is -0.157. The van der Waals surface area contributed by atoms with Crippen molar-refractivity contribution < 1.29 is 18.0 Å². The molecule has 0 unspecified atom stereocenters. The van der Waals surface area contributed by atoms with Crippen LogP contribution in [-0.2, 0) is 11.0 Å². The number of amides is 1. The van der Waals surface area contributed by atoms with Crippen molar-refractivity contribution in [2.75, 3.05) is 0 Å². The molecule has 7 heteroatoms. The van der Waals surface area contributed by atoms with Gasteiger partial charge in [-0.2, -0.15) is 18.3 Å². The molecule has 0 saturated heterocycles. The lowest BCUT2D eigenvalue weighted by Gasteiger charge is -2.28. The van der Waals surface area contributed by atoms with E-state index in [2.05, 4.69) is 17.0 Å². The highest BCUT2D eigenvalue weighted by Crippen LogP contribution is 2.38. The van der Waals surface area contributed by atoms with Gasteiger partial charge in [-0.25, -0.2) is 0 Å². The van der Waals surface area contributed by atoms with Crippen LogP contribution >= 0.6 is 0 Å². The van der Waals surface area contributed by atoms with Crippen LogP contribution in [0.25, 0.3) is 22.0 Å². The van der Waals surface area contributed by atoms with Gasteiger partial charge in [0.1, 0.15) is 0 Å². The second-order valence-electron chi connectivity index (χ2n) is 7.64. The van der Waals surface area contributed by atoms with Crippen LogP contribution < -0.4 is 5.32 Å². The number of nitrogens with one attached hydrogen (secondary N) is 1. The van der Waals surface area contributed by atoms with Crippen molar-refractivity contribution >= 4 is 16.8 Å². The zero-order valence-electron chi connectivity index (χ0n) is 16.3. The smallest absolute Gasteiger partial charge is 0.350 e. The fourth-order valence-corrected chi connectivity index (χ4v) is 4.12. The number of carbonyl (C=O) groups is 1. The Kier molecular flexibility index (Phi) is 5.37. The van der Waals surface area contributed by atoms with E-state index in [9.17, 15) is 18.0 Å². The Morgan fingerprint density at radius 1 is 1.13 bits per heavy atom. The number of alkyl halides is 3. The molecule has 0 spiro atoms. The Balaban J connectivity index is 1.56. The van der Waals surface area contributed by atoms with Crippen LogP contribution in [0.5, 0.6) is 0 Å². The van der Waals surface area contributed by atoms with E-state index in [1.165, 1.54) is 18.2 Å². The SMILES string of the molecule is C=CC(=O)NC1CCC(n2cc3ccc(-c4ccccc4C(F)(F)F)cc3n2)CC1. The third-order valence-corrected chi connectivity index (χ3v) is 5.67. The number of aromatic nitrogens is 2. The fraction of sp³-hybridized carbons (Fsp3) is 0.304. The van der Waals surface area contributed by atoms with Crippen LogP contribution in [0.4, 0.5) is 13.2 Å². The van der Waals surface area contributed by atoms with Gasteiger partial charge in [-0.1, -0.05) is 36.9 Å².